The molecule has 0 saturated heterocycles. The summed E-state index contributed by atoms with van der Waals surface area (Å²) < 4.78 is 18.6. The van der Waals surface area contributed by atoms with E-state index < -0.39 is 0 Å². The van der Waals surface area contributed by atoms with E-state index in [1.165, 1.54) is 12.1 Å². The molecular weight excluding hydrogens is 231 g/mol. The van der Waals surface area contributed by atoms with Crippen molar-refractivity contribution in [3.8, 4) is 17.1 Å². The number of fused-ring (bicyclic) bond motifs is 1. The minimum atomic E-state index is -0.314. The molecule has 3 nitrogen and oxygen atoms in total. The number of hydrogen-bond donors (Lipinski definition) is 1. The lowest BCUT2D eigenvalue weighted by Crippen LogP contribution is -1.90. The Balaban J connectivity index is 2.22. The number of halogens is 1. The number of hydrogen-bond acceptors (Lipinski definition) is 2. The predicted molar refractivity (Wildman–Crippen MR) is 68.0 cm³/mol. The number of benzene rings is 2. The van der Waals surface area contributed by atoms with Gasteiger partial charge in [-0.15, -0.1) is 0 Å². The van der Waals surface area contributed by atoms with E-state index in [1.807, 2.05) is 24.3 Å². The molecule has 2 aromatic carbocycles. The van der Waals surface area contributed by atoms with Crippen LogP contribution < -0.4 is 4.74 Å². The number of nitrogens with zero attached hydrogens (tertiary/aromatic N) is 1. The average molecular weight is 242 g/mol. The van der Waals surface area contributed by atoms with Crippen molar-refractivity contribution >= 4 is 11.0 Å². The normalized spacial score (nSPS) is 10.8. The van der Waals surface area contributed by atoms with Crippen LogP contribution in [0.25, 0.3) is 22.4 Å². The summed E-state index contributed by atoms with van der Waals surface area (Å²) in [4.78, 5) is 7.59. The molecule has 3 rings (SSSR count). The molecular formula is C14H11FN2O. The maximum atomic E-state index is 13.3. The molecule has 0 spiro atoms. The summed E-state index contributed by atoms with van der Waals surface area (Å²) in [5, 5.41) is 0. The van der Waals surface area contributed by atoms with E-state index in [0.717, 1.165) is 11.0 Å². The van der Waals surface area contributed by atoms with Crippen molar-refractivity contribution in [1.29, 1.82) is 0 Å². The maximum absolute atomic E-state index is 13.3. The molecule has 0 radical (unpaired) electrons. The van der Waals surface area contributed by atoms with Gasteiger partial charge >= 0.3 is 0 Å². The summed E-state index contributed by atoms with van der Waals surface area (Å²) in [7, 11) is 1.55. The largest absolute Gasteiger partial charge is 0.496 e. The number of rotatable bonds is 2. The highest BCUT2D eigenvalue weighted by atomic mass is 19.1. The molecule has 0 amide bonds. The molecule has 0 aliphatic heterocycles. The molecule has 4 heteroatoms. The standard InChI is InChI=1S/C14H11FN2O/c1-18-13-7-6-9(15)8-10(13)14-16-11-4-2-3-5-12(11)17-14/h2-8H,1H3,(H,16,17). The minimum absolute atomic E-state index is 0.314. The first-order valence-corrected chi connectivity index (χ1v) is 5.56. The van der Waals surface area contributed by atoms with E-state index in [4.69, 9.17) is 4.74 Å². The quantitative estimate of drug-likeness (QED) is 0.748. The number of aromatic amines is 1. The van der Waals surface area contributed by atoms with Crippen molar-refractivity contribution in [1.82, 2.24) is 9.97 Å². The minimum Gasteiger partial charge on any atom is -0.496 e. The molecule has 0 aliphatic rings. The second-order valence-corrected chi connectivity index (χ2v) is 3.95. The Bertz CT molecular complexity index is 673. The van der Waals surface area contributed by atoms with Crippen molar-refractivity contribution in [2.24, 2.45) is 0 Å². The highest BCUT2D eigenvalue weighted by Crippen LogP contribution is 2.29. The molecule has 0 fully saturated rings. The smallest absolute Gasteiger partial charge is 0.142 e. The maximum Gasteiger partial charge on any atom is 0.142 e. The molecule has 0 bridgehead atoms. The van der Waals surface area contributed by atoms with E-state index in [1.54, 1.807) is 13.2 Å². The second-order valence-electron chi connectivity index (χ2n) is 3.95. The van der Waals surface area contributed by atoms with Crippen LogP contribution in [0.15, 0.2) is 42.5 Å². The van der Waals surface area contributed by atoms with Crippen molar-refractivity contribution in [3.05, 3.63) is 48.3 Å². The summed E-state index contributed by atoms with van der Waals surface area (Å²) in [6, 6.07) is 12.0. The Labute approximate surface area is 103 Å². The Kier molecular flexibility index (Phi) is 2.48. The lowest BCUT2D eigenvalue weighted by Gasteiger charge is -2.05. The van der Waals surface area contributed by atoms with Gasteiger partial charge in [0.25, 0.3) is 0 Å². The third-order valence-corrected chi connectivity index (χ3v) is 2.81. The van der Waals surface area contributed by atoms with Gasteiger partial charge in [-0.25, -0.2) is 9.37 Å². The highest BCUT2D eigenvalue weighted by molar-refractivity contribution is 5.80. The fraction of sp³-hybridized carbons (Fsp3) is 0.0714. The zero-order valence-electron chi connectivity index (χ0n) is 9.77. The molecule has 18 heavy (non-hydrogen) atoms. The molecule has 0 unspecified atom stereocenters. The van der Waals surface area contributed by atoms with Crippen molar-refractivity contribution in [3.63, 3.8) is 0 Å². The van der Waals surface area contributed by atoms with Crippen LogP contribution >= 0.6 is 0 Å². The van der Waals surface area contributed by atoms with Crippen LogP contribution in [0, 0.1) is 5.82 Å². The number of nitrogens with one attached hydrogen (secondary N) is 1. The van der Waals surface area contributed by atoms with E-state index in [9.17, 15) is 4.39 Å². The number of para-hydroxylation sites is 2. The third-order valence-electron chi connectivity index (χ3n) is 2.81. The van der Waals surface area contributed by atoms with Gasteiger partial charge in [-0.05, 0) is 30.3 Å². The van der Waals surface area contributed by atoms with Gasteiger partial charge in [-0.3, -0.25) is 0 Å². The Morgan fingerprint density at radius 2 is 2.00 bits per heavy atom. The van der Waals surface area contributed by atoms with Gasteiger partial charge in [0.2, 0.25) is 0 Å². The third kappa shape index (κ3) is 1.72. The number of aromatic nitrogens is 2. The lowest BCUT2D eigenvalue weighted by atomic mass is 10.2. The van der Waals surface area contributed by atoms with Crippen LogP contribution in [0.4, 0.5) is 4.39 Å². The molecule has 1 heterocycles. The Morgan fingerprint density at radius 3 is 2.78 bits per heavy atom. The Morgan fingerprint density at radius 1 is 1.17 bits per heavy atom. The van der Waals surface area contributed by atoms with Gasteiger partial charge in [0, 0.05) is 0 Å². The van der Waals surface area contributed by atoms with E-state index >= 15 is 0 Å². The number of methoxy groups -OCH3 is 1. The summed E-state index contributed by atoms with van der Waals surface area (Å²) in [6.07, 6.45) is 0. The fourth-order valence-electron chi connectivity index (χ4n) is 1.95. The molecule has 3 aromatic rings. The predicted octanol–water partition coefficient (Wildman–Crippen LogP) is 3.38. The molecule has 0 atom stereocenters. The first-order chi connectivity index (χ1) is 8.78. The van der Waals surface area contributed by atoms with Crippen molar-refractivity contribution in [2.45, 2.75) is 0 Å². The van der Waals surface area contributed by atoms with Gasteiger partial charge in [0.15, 0.2) is 0 Å². The van der Waals surface area contributed by atoms with Crippen LogP contribution in [-0.2, 0) is 0 Å². The first-order valence-electron chi connectivity index (χ1n) is 5.56. The van der Waals surface area contributed by atoms with Gasteiger partial charge < -0.3 is 9.72 Å². The van der Waals surface area contributed by atoms with Crippen LogP contribution in [0.3, 0.4) is 0 Å². The SMILES string of the molecule is COc1ccc(F)cc1-c1nc2ccccc2[nH]1. The van der Waals surface area contributed by atoms with Crippen LogP contribution in [-0.4, -0.2) is 17.1 Å². The summed E-state index contributed by atoms with van der Waals surface area (Å²) in [5.41, 5.74) is 2.38. The highest BCUT2D eigenvalue weighted by Gasteiger charge is 2.11. The van der Waals surface area contributed by atoms with E-state index in [-0.39, 0.29) is 5.82 Å². The van der Waals surface area contributed by atoms with Gasteiger partial charge in [-0.2, -0.15) is 0 Å². The summed E-state index contributed by atoms with van der Waals surface area (Å²) >= 11 is 0. The molecule has 1 aromatic heterocycles. The summed E-state index contributed by atoms with van der Waals surface area (Å²) in [5.74, 6) is 0.884. The van der Waals surface area contributed by atoms with Crippen molar-refractivity contribution < 1.29 is 9.13 Å². The molecule has 1 N–H and O–H groups in total. The summed E-state index contributed by atoms with van der Waals surface area (Å²) in [6.45, 7) is 0. The molecule has 0 saturated carbocycles. The fourth-order valence-corrected chi connectivity index (χ4v) is 1.95. The zero-order chi connectivity index (χ0) is 12.5. The second kappa shape index (κ2) is 4.14. The lowest BCUT2D eigenvalue weighted by molar-refractivity contribution is 0.415. The van der Waals surface area contributed by atoms with Crippen molar-refractivity contribution in [2.75, 3.05) is 7.11 Å². The monoisotopic (exact) mass is 242 g/mol. The van der Waals surface area contributed by atoms with E-state index in [2.05, 4.69) is 9.97 Å². The number of imidazole rings is 1. The van der Waals surface area contributed by atoms with Crippen LogP contribution in [0.5, 0.6) is 5.75 Å². The van der Waals surface area contributed by atoms with Gasteiger partial charge in [-0.1, -0.05) is 12.1 Å². The topological polar surface area (TPSA) is 37.9 Å². The number of H-pyrrole nitrogens is 1. The zero-order valence-corrected chi connectivity index (χ0v) is 9.77. The Hall–Kier alpha value is -2.36. The molecule has 0 aliphatic carbocycles. The number of ether oxygens (including phenoxy) is 1. The molecule has 90 valence electrons. The van der Waals surface area contributed by atoms with Crippen LogP contribution in [0.1, 0.15) is 0 Å². The van der Waals surface area contributed by atoms with Gasteiger partial charge in [0.1, 0.15) is 17.4 Å². The van der Waals surface area contributed by atoms with Crippen LogP contribution in [0.2, 0.25) is 0 Å². The van der Waals surface area contributed by atoms with E-state index in [0.29, 0.717) is 17.1 Å². The first kappa shape index (κ1) is 10.8. The van der Waals surface area contributed by atoms with Gasteiger partial charge in [0.05, 0.1) is 23.7 Å². The average Bonchev–Trinajstić information content (AvgIpc) is 2.82.